The van der Waals surface area contributed by atoms with Gasteiger partial charge in [-0.05, 0) is 19.1 Å². The Morgan fingerprint density at radius 3 is 2.50 bits per heavy atom. The van der Waals surface area contributed by atoms with E-state index in [9.17, 15) is 16.8 Å². The first kappa shape index (κ1) is 17.8. The van der Waals surface area contributed by atoms with Crippen molar-refractivity contribution >= 4 is 31.4 Å². The van der Waals surface area contributed by atoms with Gasteiger partial charge in [-0.25, -0.2) is 25.9 Å². The van der Waals surface area contributed by atoms with Crippen LogP contribution in [-0.4, -0.2) is 60.2 Å². The maximum atomic E-state index is 12.3. The molecule has 0 aromatic carbocycles. The lowest BCUT2D eigenvalue weighted by molar-refractivity contribution is 0.185. The van der Waals surface area contributed by atoms with Gasteiger partial charge >= 0.3 is 0 Å². The smallest absolute Gasteiger partial charge is 0.250 e. The summed E-state index contributed by atoms with van der Waals surface area (Å²) in [5.41, 5.74) is 0. The minimum atomic E-state index is -3.65. The number of thiophene rings is 1. The zero-order valence-corrected chi connectivity index (χ0v) is 15.1. The van der Waals surface area contributed by atoms with Crippen molar-refractivity contribution in [2.75, 3.05) is 33.1 Å². The quantitative estimate of drug-likeness (QED) is 0.776. The van der Waals surface area contributed by atoms with Gasteiger partial charge in [-0.15, -0.1) is 11.3 Å². The monoisotopic (exact) mass is 368 g/mol. The molecule has 1 fully saturated rings. The molecule has 2 heterocycles. The minimum Gasteiger partial charge on any atom is -0.379 e. The third kappa shape index (κ3) is 4.06. The van der Waals surface area contributed by atoms with E-state index >= 15 is 0 Å². The van der Waals surface area contributed by atoms with Gasteiger partial charge in [-0.1, -0.05) is 0 Å². The molecule has 7 nitrogen and oxygen atoms in total. The number of sulfonamides is 2. The van der Waals surface area contributed by atoms with Crippen LogP contribution in [0.2, 0.25) is 0 Å². The molecule has 0 amide bonds. The van der Waals surface area contributed by atoms with Gasteiger partial charge in [0.1, 0.15) is 4.21 Å². The Labute approximate surface area is 135 Å². The van der Waals surface area contributed by atoms with Crippen molar-refractivity contribution in [2.45, 2.75) is 17.2 Å². The number of hydrogen-bond donors (Lipinski definition) is 1. The van der Waals surface area contributed by atoms with E-state index in [4.69, 9.17) is 4.74 Å². The molecule has 0 aliphatic carbocycles. The van der Waals surface area contributed by atoms with Crippen LogP contribution in [0.5, 0.6) is 0 Å². The van der Waals surface area contributed by atoms with E-state index < -0.39 is 32.0 Å². The summed E-state index contributed by atoms with van der Waals surface area (Å²) in [6.45, 7) is 2.23. The van der Waals surface area contributed by atoms with Gasteiger partial charge in [-0.3, -0.25) is 0 Å². The van der Waals surface area contributed by atoms with Crippen LogP contribution < -0.4 is 4.72 Å². The summed E-state index contributed by atoms with van der Waals surface area (Å²) < 4.78 is 57.8. The van der Waals surface area contributed by atoms with Crippen LogP contribution in [0, 0.1) is 12.8 Å². The van der Waals surface area contributed by atoms with Crippen LogP contribution in [0.4, 0.5) is 0 Å². The fourth-order valence-electron chi connectivity index (χ4n) is 2.13. The highest BCUT2D eigenvalue weighted by Gasteiger charge is 2.36. The van der Waals surface area contributed by atoms with Crippen LogP contribution in [0.3, 0.4) is 0 Å². The Balaban J connectivity index is 2.12. The Hall–Kier alpha value is -0.520. The molecule has 1 N–H and O–H groups in total. The largest absolute Gasteiger partial charge is 0.379 e. The third-order valence-corrected chi connectivity index (χ3v) is 8.41. The molecule has 0 bridgehead atoms. The summed E-state index contributed by atoms with van der Waals surface area (Å²) in [5.74, 6) is -0.542. The van der Waals surface area contributed by atoms with E-state index in [0.29, 0.717) is 0 Å². The molecule has 0 saturated carbocycles. The lowest BCUT2D eigenvalue weighted by Gasteiger charge is -2.20. The number of rotatable bonds is 6. The van der Waals surface area contributed by atoms with E-state index in [1.807, 2.05) is 6.92 Å². The van der Waals surface area contributed by atoms with E-state index in [0.717, 1.165) is 9.18 Å². The van der Waals surface area contributed by atoms with Crippen molar-refractivity contribution in [3.05, 3.63) is 17.0 Å². The molecule has 1 aromatic rings. The van der Waals surface area contributed by atoms with Crippen molar-refractivity contribution in [3.8, 4) is 0 Å². The molecule has 2 atom stereocenters. The average molecular weight is 369 g/mol. The maximum Gasteiger partial charge on any atom is 0.250 e. The lowest BCUT2D eigenvalue weighted by atomic mass is 10.1. The summed E-state index contributed by atoms with van der Waals surface area (Å²) in [5, 5.41) is 0. The van der Waals surface area contributed by atoms with E-state index in [1.165, 1.54) is 25.4 Å². The number of hydrogen-bond acceptors (Lipinski definition) is 6. The summed E-state index contributed by atoms with van der Waals surface area (Å²) in [6.07, 6.45) is 0. The van der Waals surface area contributed by atoms with Crippen LogP contribution in [0.15, 0.2) is 16.3 Å². The molecular formula is C12H20N2O5S3. The molecule has 1 aliphatic heterocycles. The van der Waals surface area contributed by atoms with Crippen molar-refractivity contribution in [2.24, 2.45) is 5.92 Å². The molecule has 22 heavy (non-hydrogen) atoms. The van der Waals surface area contributed by atoms with Gasteiger partial charge in [-0.2, -0.15) is 0 Å². The van der Waals surface area contributed by atoms with Crippen LogP contribution in [0.1, 0.15) is 4.88 Å². The van der Waals surface area contributed by atoms with Gasteiger partial charge in [0.05, 0.1) is 25.0 Å². The first-order chi connectivity index (χ1) is 10.1. The van der Waals surface area contributed by atoms with E-state index in [-0.39, 0.29) is 23.2 Å². The molecule has 2 rings (SSSR count). The third-order valence-electron chi connectivity index (χ3n) is 3.47. The number of ether oxygens (including phenoxy) is 1. The molecule has 1 aromatic heterocycles. The predicted molar refractivity (Wildman–Crippen MR) is 84.9 cm³/mol. The Morgan fingerprint density at radius 2 is 1.95 bits per heavy atom. The SMILES string of the molecule is Cc1ccc(S(=O)(=O)N[C@H]2COC[C@H]2CS(=O)(=O)N(C)C)s1. The topological polar surface area (TPSA) is 92.8 Å². The highest BCUT2D eigenvalue weighted by molar-refractivity contribution is 7.91. The highest BCUT2D eigenvalue weighted by Crippen LogP contribution is 2.23. The van der Waals surface area contributed by atoms with E-state index in [2.05, 4.69) is 4.72 Å². The summed E-state index contributed by atoms with van der Waals surface area (Å²) in [4.78, 5) is 0.898. The average Bonchev–Trinajstić information content (AvgIpc) is 2.99. The van der Waals surface area contributed by atoms with Gasteiger partial charge < -0.3 is 4.74 Å². The molecule has 0 spiro atoms. The number of nitrogens with one attached hydrogen (secondary N) is 1. The first-order valence-electron chi connectivity index (χ1n) is 6.68. The molecule has 126 valence electrons. The van der Waals surface area contributed by atoms with Crippen LogP contribution >= 0.6 is 11.3 Å². The first-order valence-corrected chi connectivity index (χ1v) is 10.6. The molecule has 1 saturated heterocycles. The fourth-order valence-corrected chi connectivity index (χ4v) is 5.88. The van der Waals surface area contributed by atoms with E-state index in [1.54, 1.807) is 12.1 Å². The highest BCUT2D eigenvalue weighted by atomic mass is 32.2. The minimum absolute atomic E-state index is 0.142. The number of nitrogens with zero attached hydrogens (tertiary/aromatic N) is 1. The fraction of sp³-hybridized carbons (Fsp3) is 0.667. The molecule has 1 aliphatic rings. The molecule has 0 unspecified atom stereocenters. The van der Waals surface area contributed by atoms with Gasteiger partial charge in [0.2, 0.25) is 20.0 Å². The van der Waals surface area contributed by atoms with Crippen molar-refractivity contribution in [1.82, 2.24) is 9.03 Å². The zero-order chi connectivity index (χ0) is 16.5. The lowest BCUT2D eigenvalue weighted by Crippen LogP contribution is -2.43. The molecular weight excluding hydrogens is 348 g/mol. The van der Waals surface area contributed by atoms with Crippen LogP contribution in [-0.2, 0) is 24.8 Å². The second kappa shape index (κ2) is 6.54. The Morgan fingerprint density at radius 1 is 1.27 bits per heavy atom. The zero-order valence-electron chi connectivity index (χ0n) is 12.6. The number of aryl methyl sites for hydroxylation is 1. The van der Waals surface area contributed by atoms with Crippen molar-refractivity contribution in [3.63, 3.8) is 0 Å². The Bertz CT molecular complexity index is 724. The molecule has 0 radical (unpaired) electrons. The summed E-state index contributed by atoms with van der Waals surface area (Å²) >= 11 is 1.18. The second-order valence-electron chi connectivity index (χ2n) is 5.45. The van der Waals surface area contributed by atoms with Gasteiger partial charge in [0, 0.05) is 24.9 Å². The predicted octanol–water partition coefficient (Wildman–Crippen LogP) is 0.241. The normalized spacial score (nSPS) is 23.3. The van der Waals surface area contributed by atoms with Crippen LogP contribution in [0.25, 0.3) is 0 Å². The van der Waals surface area contributed by atoms with Gasteiger partial charge in [0.15, 0.2) is 0 Å². The summed E-state index contributed by atoms with van der Waals surface area (Å²) in [6, 6.07) is 2.74. The second-order valence-corrected chi connectivity index (χ2v) is 10.9. The van der Waals surface area contributed by atoms with Crippen molar-refractivity contribution < 1.29 is 21.6 Å². The summed E-state index contributed by atoms with van der Waals surface area (Å²) in [7, 11) is -4.15. The maximum absolute atomic E-state index is 12.3. The van der Waals surface area contributed by atoms with Gasteiger partial charge in [0.25, 0.3) is 0 Å². The molecule has 10 heteroatoms. The Kier molecular flexibility index (Phi) is 5.30. The van der Waals surface area contributed by atoms with Crippen molar-refractivity contribution in [1.29, 1.82) is 0 Å². The standard InChI is InChI=1S/C12H20N2O5S3/c1-9-4-5-12(20-9)22(17,18)13-11-7-19-6-10(11)8-21(15,16)14(2)3/h4-5,10-11,13H,6-8H2,1-3H3/t10-,11-/m0/s1.